The fourth-order valence-electron chi connectivity index (χ4n) is 1.78. The molecule has 2 rings (SSSR count). The van der Waals surface area contributed by atoms with Gasteiger partial charge in [0.25, 0.3) is 0 Å². The van der Waals surface area contributed by atoms with Crippen molar-refractivity contribution in [3.05, 3.63) is 66.2 Å². The summed E-state index contributed by atoms with van der Waals surface area (Å²) >= 11 is 0. The number of amides is 2. The lowest BCUT2D eigenvalue weighted by Crippen LogP contribution is -2.32. The molecular weight excluding hydrogens is 236 g/mol. The van der Waals surface area contributed by atoms with Crippen molar-refractivity contribution < 1.29 is 4.79 Å². The van der Waals surface area contributed by atoms with Gasteiger partial charge in [-0.05, 0) is 24.1 Å². The van der Waals surface area contributed by atoms with Crippen molar-refractivity contribution in [2.75, 3.05) is 18.9 Å². The largest absolute Gasteiger partial charge is 0.327 e. The van der Waals surface area contributed by atoms with Gasteiger partial charge in [0.15, 0.2) is 0 Å². The van der Waals surface area contributed by atoms with E-state index in [9.17, 15) is 4.79 Å². The van der Waals surface area contributed by atoms with Crippen molar-refractivity contribution in [2.45, 2.75) is 6.42 Å². The van der Waals surface area contributed by atoms with Crippen LogP contribution in [0.15, 0.2) is 60.7 Å². The highest BCUT2D eigenvalue weighted by atomic mass is 16.2. The fourth-order valence-corrected chi connectivity index (χ4v) is 1.78. The van der Waals surface area contributed by atoms with E-state index in [-0.39, 0.29) is 6.03 Å². The molecular formula is C16H18N2O. The molecule has 0 aliphatic rings. The van der Waals surface area contributed by atoms with E-state index in [1.807, 2.05) is 48.5 Å². The Bertz CT molecular complexity index is 511. The Balaban J connectivity index is 1.83. The lowest BCUT2D eigenvalue weighted by Gasteiger charge is -2.18. The van der Waals surface area contributed by atoms with Gasteiger partial charge < -0.3 is 10.2 Å². The molecule has 0 aromatic heterocycles. The second-order valence-electron chi connectivity index (χ2n) is 4.45. The van der Waals surface area contributed by atoms with Gasteiger partial charge in [0, 0.05) is 19.3 Å². The number of benzene rings is 2. The summed E-state index contributed by atoms with van der Waals surface area (Å²) in [6.07, 6.45) is 0.861. The highest BCUT2D eigenvalue weighted by Gasteiger charge is 2.08. The van der Waals surface area contributed by atoms with Gasteiger partial charge in [0.2, 0.25) is 0 Å². The van der Waals surface area contributed by atoms with Gasteiger partial charge in [-0.25, -0.2) is 4.79 Å². The third kappa shape index (κ3) is 4.14. The Morgan fingerprint density at radius 3 is 2.21 bits per heavy atom. The predicted octanol–water partition coefficient (Wildman–Crippen LogP) is 3.39. The van der Waals surface area contributed by atoms with Crippen LogP contribution in [0.3, 0.4) is 0 Å². The second-order valence-corrected chi connectivity index (χ2v) is 4.45. The number of hydrogen-bond donors (Lipinski definition) is 1. The van der Waals surface area contributed by atoms with E-state index in [1.165, 1.54) is 5.56 Å². The zero-order valence-corrected chi connectivity index (χ0v) is 11.0. The summed E-state index contributed by atoms with van der Waals surface area (Å²) in [6, 6.07) is 19.6. The molecule has 19 heavy (non-hydrogen) atoms. The second kappa shape index (κ2) is 6.59. The van der Waals surface area contributed by atoms with Crippen molar-refractivity contribution in [3.8, 4) is 0 Å². The minimum absolute atomic E-state index is 0.0814. The molecule has 0 heterocycles. The maximum Gasteiger partial charge on any atom is 0.321 e. The summed E-state index contributed by atoms with van der Waals surface area (Å²) in [5.41, 5.74) is 2.06. The molecule has 1 N–H and O–H groups in total. The van der Waals surface area contributed by atoms with Crippen molar-refractivity contribution in [1.29, 1.82) is 0 Å². The van der Waals surface area contributed by atoms with Gasteiger partial charge in [-0.2, -0.15) is 0 Å². The van der Waals surface area contributed by atoms with E-state index < -0.39 is 0 Å². The Morgan fingerprint density at radius 1 is 1.00 bits per heavy atom. The highest BCUT2D eigenvalue weighted by Crippen LogP contribution is 2.06. The van der Waals surface area contributed by atoms with Gasteiger partial charge in [-0.3, -0.25) is 0 Å². The number of nitrogens with zero attached hydrogens (tertiary/aromatic N) is 1. The minimum Gasteiger partial charge on any atom is -0.327 e. The van der Waals surface area contributed by atoms with Crippen molar-refractivity contribution in [3.63, 3.8) is 0 Å². The number of likely N-dealkylation sites (N-methyl/N-ethyl adjacent to an activating group) is 1. The standard InChI is InChI=1S/C16H18N2O/c1-18(13-12-14-8-4-2-5-9-14)16(19)17-15-10-6-3-7-11-15/h2-11H,12-13H2,1H3,(H,17,19). The number of nitrogens with one attached hydrogen (secondary N) is 1. The van der Waals surface area contributed by atoms with Crippen LogP contribution in [0.1, 0.15) is 5.56 Å². The van der Waals surface area contributed by atoms with Crippen LogP contribution in [0.4, 0.5) is 10.5 Å². The van der Waals surface area contributed by atoms with Crippen LogP contribution in [0.2, 0.25) is 0 Å². The summed E-state index contributed by atoms with van der Waals surface area (Å²) in [7, 11) is 1.81. The molecule has 0 unspecified atom stereocenters. The van der Waals surface area contributed by atoms with Crippen LogP contribution < -0.4 is 5.32 Å². The van der Waals surface area contributed by atoms with Crippen LogP contribution in [0, 0.1) is 0 Å². The number of anilines is 1. The van der Waals surface area contributed by atoms with E-state index in [0.29, 0.717) is 6.54 Å². The molecule has 0 atom stereocenters. The molecule has 2 aromatic carbocycles. The van der Waals surface area contributed by atoms with Gasteiger partial charge in [-0.1, -0.05) is 48.5 Å². The molecule has 3 heteroatoms. The minimum atomic E-state index is -0.0814. The third-order valence-electron chi connectivity index (χ3n) is 2.95. The Morgan fingerprint density at radius 2 is 1.58 bits per heavy atom. The molecule has 0 aliphatic carbocycles. The first-order valence-corrected chi connectivity index (χ1v) is 6.37. The molecule has 0 aliphatic heterocycles. The topological polar surface area (TPSA) is 32.3 Å². The predicted molar refractivity (Wildman–Crippen MR) is 78.2 cm³/mol. The lowest BCUT2D eigenvalue weighted by atomic mass is 10.1. The van der Waals surface area contributed by atoms with E-state index >= 15 is 0 Å². The first-order valence-electron chi connectivity index (χ1n) is 6.37. The molecule has 2 amide bonds. The highest BCUT2D eigenvalue weighted by molar-refractivity contribution is 5.89. The average molecular weight is 254 g/mol. The Hall–Kier alpha value is -2.29. The third-order valence-corrected chi connectivity index (χ3v) is 2.95. The molecule has 0 saturated carbocycles. The smallest absolute Gasteiger partial charge is 0.321 e. The van der Waals surface area contributed by atoms with Crippen molar-refractivity contribution in [2.24, 2.45) is 0 Å². The SMILES string of the molecule is CN(CCc1ccccc1)C(=O)Nc1ccccc1. The van der Waals surface area contributed by atoms with Crippen LogP contribution in [0.5, 0.6) is 0 Å². The zero-order chi connectivity index (χ0) is 13.5. The molecule has 0 bridgehead atoms. The van der Waals surface area contributed by atoms with Crippen LogP contribution in [-0.4, -0.2) is 24.5 Å². The van der Waals surface area contributed by atoms with Crippen LogP contribution in [0.25, 0.3) is 0 Å². The molecule has 0 fully saturated rings. The Kier molecular flexibility index (Phi) is 4.56. The summed E-state index contributed by atoms with van der Waals surface area (Å²) in [5, 5.41) is 2.86. The molecule has 0 saturated heterocycles. The maximum absolute atomic E-state index is 11.9. The normalized spacial score (nSPS) is 9.95. The molecule has 3 nitrogen and oxygen atoms in total. The van der Waals surface area contributed by atoms with Crippen molar-refractivity contribution in [1.82, 2.24) is 4.90 Å². The summed E-state index contributed by atoms with van der Waals surface area (Å²) in [5.74, 6) is 0. The number of carbonyl (C=O) groups is 1. The summed E-state index contributed by atoms with van der Waals surface area (Å²) in [4.78, 5) is 13.6. The van der Waals surface area contributed by atoms with E-state index in [2.05, 4.69) is 17.4 Å². The number of para-hydroxylation sites is 1. The van der Waals surface area contributed by atoms with Crippen molar-refractivity contribution >= 4 is 11.7 Å². The summed E-state index contributed by atoms with van der Waals surface area (Å²) in [6.45, 7) is 0.697. The zero-order valence-electron chi connectivity index (χ0n) is 11.0. The first kappa shape index (κ1) is 13.1. The summed E-state index contributed by atoms with van der Waals surface area (Å²) < 4.78 is 0. The van der Waals surface area contributed by atoms with E-state index in [1.54, 1.807) is 11.9 Å². The molecule has 0 spiro atoms. The number of carbonyl (C=O) groups excluding carboxylic acids is 1. The van der Waals surface area contributed by atoms with Gasteiger partial charge >= 0.3 is 6.03 Å². The van der Waals surface area contributed by atoms with Crippen LogP contribution >= 0.6 is 0 Å². The van der Waals surface area contributed by atoms with Gasteiger partial charge in [0.05, 0.1) is 0 Å². The molecule has 0 radical (unpaired) electrons. The van der Waals surface area contributed by atoms with Gasteiger partial charge in [0.1, 0.15) is 0 Å². The molecule has 2 aromatic rings. The first-order chi connectivity index (χ1) is 9.25. The van der Waals surface area contributed by atoms with Gasteiger partial charge in [-0.15, -0.1) is 0 Å². The number of urea groups is 1. The maximum atomic E-state index is 11.9. The lowest BCUT2D eigenvalue weighted by molar-refractivity contribution is 0.223. The average Bonchev–Trinajstić information content (AvgIpc) is 2.47. The Labute approximate surface area is 113 Å². The van der Waals surface area contributed by atoms with E-state index in [0.717, 1.165) is 12.1 Å². The number of rotatable bonds is 4. The molecule has 98 valence electrons. The quantitative estimate of drug-likeness (QED) is 0.891. The van der Waals surface area contributed by atoms with E-state index in [4.69, 9.17) is 0 Å². The number of hydrogen-bond acceptors (Lipinski definition) is 1. The van der Waals surface area contributed by atoms with Crippen LogP contribution in [-0.2, 0) is 6.42 Å². The fraction of sp³-hybridized carbons (Fsp3) is 0.188. The monoisotopic (exact) mass is 254 g/mol.